The van der Waals surface area contributed by atoms with Crippen LogP contribution in [0, 0.1) is 5.41 Å². The molecule has 0 aliphatic carbocycles. The van der Waals surface area contributed by atoms with Crippen LogP contribution in [0.1, 0.15) is 22.3 Å². The summed E-state index contributed by atoms with van der Waals surface area (Å²) in [6, 6.07) is 7.92. The molecule has 0 atom stereocenters. The van der Waals surface area contributed by atoms with Crippen LogP contribution in [-0.4, -0.2) is 49.4 Å². The number of benzene rings is 2. The molecule has 0 unspecified atom stereocenters. The lowest BCUT2D eigenvalue weighted by Gasteiger charge is -2.15. The Morgan fingerprint density at radius 2 is 1.89 bits per heavy atom. The van der Waals surface area contributed by atoms with Crippen LogP contribution in [-0.2, 0) is 32.3 Å². The van der Waals surface area contributed by atoms with Gasteiger partial charge in [-0.1, -0.05) is 23.7 Å². The van der Waals surface area contributed by atoms with Gasteiger partial charge in [-0.25, -0.2) is 8.42 Å². The van der Waals surface area contributed by atoms with E-state index in [1.807, 2.05) is 0 Å². The molecule has 0 aromatic heterocycles. The Bertz CT molecular complexity index is 1430. The third kappa shape index (κ3) is 7.33. The van der Waals surface area contributed by atoms with Gasteiger partial charge in [-0.05, 0) is 53.2 Å². The van der Waals surface area contributed by atoms with Gasteiger partial charge in [-0.15, -0.1) is 0 Å². The van der Waals surface area contributed by atoms with E-state index < -0.39 is 45.4 Å². The van der Waals surface area contributed by atoms with Gasteiger partial charge in [-0.3, -0.25) is 24.0 Å². The Morgan fingerprint density at radius 3 is 2.51 bits per heavy atom. The standard InChI is InChI=1S/C22H18ClF3N4O5S2/c1-37(34,35)29-19(31)11-30-20(32)18(36-21(30)33)7-12-2-5-17(14(6-12)9-27)28-10-13-3-4-15(23)8-16(13)22(24,25)26/h2-9,27-28H,10-11H2,1H3,(H,29,31). The number of carbonyl (C=O) groups excluding carboxylic acids is 3. The molecule has 3 amide bonds. The van der Waals surface area contributed by atoms with Crippen LogP contribution < -0.4 is 10.0 Å². The van der Waals surface area contributed by atoms with Crippen LogP contribution in [0.15, 0.2) is 41.3 Å². The van der Waals surface area contributed by atoms with Gasteiger partial charge in [0.25, 0.3) is 17.1 Å². The predicted octanol–water partition coefficient (Wildman–Crippen LogP) is 4.08. The van der Waals surface area contributed by atoms with Crippen molar-refractivity contribution >= 4 is 68.4 Å². The second-order valence-corrected chi connectivity index (χ2v) is 10.9. The molecule has 0 saturated carbocycles. The van der Waals surface area contributed by atoms with Crippen molar-refractivity contribution in [2.75, 3.05) is 18.1 Å². The number of rotatable bonds is 8. The summed E-state index contributed by atoms with van der Waals surface area (Å²) in [5.41, 5.74) is 0.105. The molecule has 1 fully saturated rings. The number of amides is 3. The fraction of sp³-hybridized carbons (Fsp3) is 0.182. The normalized spacial score (nSPS) is 15.3. The minimum absolute atomic E-state index is 0.0372. The first-order valence-electron chi connectivity index (χ1n) is 10.2. The fourth-order valence-corrected chi connectivity index (χ4v) is 4.77. The first-order chi connectivity index (χ1) is 17.2. The number of hydrogen-bond donors (Lipinski definition) is 3. The summed E-state index contributed by atoms with van der Waals surface area (Å²) in [6.45, 7) is -0.991. The molecule has 1 aliphatic rings. The molecule has 0 radical (unpaired) electrons. The van der Waals surface area contributed by atoms with Gasteiger partial charge in [0, 0.05) is 29.0 Å². The third-order valence-electron chi connectivity index (χ3n) is 4.85. The fourth-order valence-electron chi connectivity index (χ4n) is 3.28. The zero-order valence-corrected chi connectivity index (χ0v) is 21.2. The maximum atomic E-state index is 13.3. The molecule has 196 valence electrons. The smallest absolute Gasteiger partial charge is 0.380 e. The number of thioether (sulfide) groups is 1. The third-order valence-corrected chi connectivity index (χ3v) is 6.59. The van der Waals surface area contributed by atoms with Crippen molar-refractivity contribution in [3.05, 3.63) is 68.6 Å². The van der Waals surface area contributed by atoms with Crippen LogP contribution in [0.4, 0.5) is 23.7 Å². The summed E-state index contributed by atoms with van der Waals surface area (Å²) in [5.74, 6) is -1.86. The minimum Gasteiger partial charge on any atom is -0.380 e. The van der Waals surface area contributed by atoms with Gasteiger partial charge in [0.15, 0.2) is 0 Å². The number of imide groups is 1. The molecule has 9 nitrogen and oxygen atoms in total. The summed E-state index contributed by atoms with van der Waals surface area (Å²) < 4.78 is 64.0. The Morgan fingerprint density at radius 1 is 1.19 bits per heavy atom. The topological polar surface area (TPSA) is 136 Å². The number of sulfonamides is 1. The number of anilines is 1. The lowest BCUT2D eigenvalue weighted by molar-refractivity contribution is -0.138. The molecule has 1 saturated heterocycles. The summed E-state index contributed by atoms with van der Waals surface area (Å²) in [4.78, 5) is 37.1. The molecule has 0 spiro atoms. The van der Waals surface area contributed by atoms with E-state index in [-0.39, 0.29) is 22.0 Å². The maximum Gasteiger partial charge on any atom is 0.416 e. The van der Waals surface area contributed by atoms with Crippen molar-refractivity contribution < 1.29 is 36.0 Å². The Labute approximate surface area is 218 Å². The van der Waals surface area contributed by atoms with Crippen molar-refractivity contribution in [3.63, 3.8) is 0 Å². The highest BCUT2D eigenvalue weighted by Crippen LogP contribution is 2.35. The van der Waals surface area contributed by atoms with E-state index in [4.69, 9.17) is 17.0 Å². The van der Waals surface area contributed by atoms with Crippen molar-refractivity contribution in [1.29, 1.82) is 5.41 Å². The zero-order chi connectivity index (χ0) is 27.5. The van der Waals surface area contributed by atoms with E-state index in [9.17, 15) is 36.0 Å². The van der Waals surface area contributed by atoms with Crippen LogP contribution in [0.3, 0.4) is 0 Å². The minimum atomic E-state index is -4.61. The van der Waals surface area contributed by atoms with Gasteiger partial charge in [0.2, 0.25) is 10.0 Å². The summed E-state index contributed by atoms with van der Waals surface area (Å²) in [6.07, 6.45) is -1.54. The van der Waals surface area contributed by atoms with E-state index in [0.717, 1.165) is 18.5 Å². The van der Waals surface area contributed by atoms with E-state index in [1.54, 1.807) is 4.72 Å². The molecule has 1 aliphatic heterocycles. The Kier molecular flexibility index (Phi) is 8.35. The van der Waals surface area contributed by atoms with Gasteiger partial charge in [0.05, 0.1) is 16.7 Å². The van der Waals surface area contributed by atoms with Crippen molar-refractivity contribution in [3.8, 4) is 0 Å². The molecule has 2 aromatic rings. The van der Waals surface area contributed by atoms with E-state index in [2.05, 4.69) is 5.32 Å². The van der Waals surface area contributed by atoms with E-state index >= 15 is 0 Å². The maximum absolute atomic E-state index is 13.3. The predicted molar refractivity (Wildman–Crippen MR) is 134 cm³/mol. The van der Waals surface area contributed by atoms with Crippen LogP contribution >= 0.6 is 23.4 Å². The molecule has 3 rings (SSSR count). The number of nitrogens with one attached hydrogen (secondary N) is 3. The number of alkyl halides is 3. The highest BCUT2D eigenvalue weighted by atomic mass is 35.5. The Balaban J connectivity index is 1.77. The zero-order valence-electron chi connectivity index (χ0n) is 18.8. The van der Waals surface area contributed by atoms with Crippen LogP contribution in [0.25, 0.3) is 6.08 Å². The van der Waals surface area contributed by atoms with Crippen LogP contribution in [0.2, 0.25) is 5.02 Å². The molecule has 37 heavy (non-hydrogen) atoms. The van der Waals surface area contributed by atoms with Crippen molar-refractivity contribution in [1.82, 2.24) is 9.62 Å². The van der Waals surface area contributed by atoms with Gasteiger partial charge < -0.3 is 10.7 Å². The molecule has 1 heterocycles. The monoisotopic (exact) mass is 574 g/mol. The molecule has 0 bridgehead atoms. The van der Waals surface area contributed by atoms with Gasteiger partial charge >= 0.3 is 6.18 Å². The first kappa shape index (κ1) is 28.2. The summed E-state index contributed by atoms with van der Waals surface area (Å²) in [7, 11) is -3.87. The molecule has 3 N–H and O–H groups in total. The second-order valence-electron chi connectivity index (χ2n) is 7.71. The average molecular weight is 575 g/mol. The summed E-state index contributed by atoms with van der Waals surface area (Å²) >= 11 is 6.25. The van der Waals surface area contributed by atoms with E-state index in [0.29, 0.717) is 33.5 Å². The molecular formula is C22H18ClF3N4O5S2. The first-order valence-corrected chi connectivity index (χ1v) is 13.3. The highest BCUT2D eigenvalue weighted by Gasteiger charge is 2.37. The molecule has 2 aromatic carbocycles. The Hall–Kier alpha value is -3.36. The molecule has 15 heteroatoms. The highest BCUT2D eigenvalue weighted by molar-refractivity contribution is 8.18. The van der Waals surface area contributed by atoms with Crippen molar-refractivity contribution in [2.24, 2.45) is 0 Å². The largest absolute Gasteiger partial charge is 0.416 e. The number of carbonyl (C=O) groups is 3. The average Bonchev–Trinajstić information content (AvgIpc) is 3.04. The number of nitrogens with zero attached hydrogens (tertiary/aromatic N) is 1. The van der Waals surface area contributed by atoms with Gasteiger partial charge in [-0.2, -0.15) is 13.2 Å². The second kappa shape index (κ2) is 10.9. The number of hydrogen-bond acceptors (Lipinski definition) is 8. The summed E-state index contributed by atoms with van der Waals surface area (Å²) in [5, 5.41) is 9.69. The van der Waals surface area contributed by atoms with E-state index in [1.165, 1.54) is 36.4 Å². The lowest BCUT2D eigenvalue weighted by atomic mass is 10.1. The lowest BCUT2D eigenvalue weighted by Crippen LogP contribution is -2.41. The van der Waals surface area contributed by atoms with Crippen molar-refractivity contribution in [2.45, 2.75) is 12.7 Å². The number of halogens is 4. The molecular weight excluding hydrogens is 557 g/mol. The quantitative estimate of drug-likeness (QED) is 0.319. The van der Waals surface area contributed by atoms with Gasteiger partial charge in [0.1, 0.15) is 6.54 Å². The SMILES string of the molecule is CS(=O)(=O)NC(=O)CN1C(=O)SC(=Cc2ccc(NCc3ccc(Cl)cc3C(F)(F)F)c(C=N)c2)C1=O. The van der Waals surface area contributed by atoms with Crippen LogP contribution in [0.5, 0.6) is 0 Å².